The zero-order chi connectivity index (χ0) is 35.4. The van der Waals surface area contributed by atoms with Gasteiger partial charge in [-0.3, -0.25) is 19.2 Å². The molecule has 2 atom stereocenters. The summed E-state index contributed by atoms with van der Waals surface area (Å²) in [6.07, 6.45) is 5.89. The molecule has 4 amide bonds. The highest BCUT2D eigenvalue weighted by Crippen LogP contribution is 2.26. The van der Waals surface area contributed by atoms with E-state index in [1.807, 2.05) is 36.4 Å². The molecule has 2 fully saturated rings. The third kappa shape index (κ3) is 7.62. The summed E-state index contributed by atoms with van der Waals surface area (Å²) in [6.45, 7) is 2.42. The standard InChI is InChI=1S/C39H35F3N4O4/c1-24-6-18-32(41)30(22-24)38(49)45-20-2-4-34(45)36(47)43-28-14-9-25(10-15-28)7-8-26-11-16-29(17-12-26)44-37(48)35-5-3-21-46(35)39(50)31-23-27(40)13-19-33(31)42/h6-19,22-23,34-35H,2-5,20-21H2,1H3,(H,43,47)(H,44,48)/b8-7+/t34-,35-/m0/s1. The first kappa shape index (κ1) is 34.2. The highest BCUT2D eigenvalue weighted by Gasteiger charge is 2.37. The van der Waals surface area contributed by atoms with E-state index in [0.717, 1.165) is 34.9 Å². The summed E-state index contributed by atoms with van der Waals surface area (Å²) in [6, 6.07) is 19.8. The second-order valence-electron chi connectivity index (χ2n) is 12.5. The fraction of sp³-hybridized carbons (Fsp3) is 0.231. The quantitative estimate of drug-likeness (QED) is 0.195. The Bertz CT molecular complexity index is 1820. The molecule has 2 N–H and O–H groups in total. The van der Waals surface area contributed by atoms with Crippen LogP contribution in [0.3, 0.4) is 0 Å². The lowest BCUT2D eigenvalue weighted by Gasteiger charge is -2.24. The lowest BCUT2D eigenvalue weighted by Crippen LogP contribution is -2.43. The number of hydrogen-bond acceptors (Lipinski definition) is 4. The predicted molar refractivity (Wildman–Crippen MR) is 185 cm³/mol. The summed E-state index contributed by atoms with van der Waals surface area (Å²) in [7, 11) is 0. The van der Waals surface area contributed by atoms with E-state index in [-0.39, 0.29) is 18.0 Å². The predicted octanol–water partition coefficient (Wildman–Crippen LogP) is 7.07. The number of amides is 4. The summed E-state index contributed by atoms with van der Waals surface area (Å²) >= 11 is 0. The first-order valence-corrected chi connectivity index (χ1v) is 16.4. The average molecular weight is 681 g/mol. The van der Waals surface area contributed by atoms with E-state index in [9.17, 15) is 32.3 Å². The maximum atomic E-state index is 14.4. The Balaban J connectivity index is 1.02. The number of halogens is 3. The lowest BCUT2D eigenvalue weighted by atomic mass is 10.1. The van der Waals surface area contributed by atoms with Crippen LogP contribution in [0.15, 0.2) is 84.9 Å². The van der Waals surface area contributed by atoms with Gasteiger partial charge in [0.2, 0.25) is 11.8 Å². The molecular formula is C39H35F3N4O4. The molecule has 0 saturated carbocycles. The van der Waals surface area contributed by atoms with E-state index in [1.165, 1.54) is 21.9 Å². The van der Waals surface area contributed by atoms with Crippen LogP contribution in [-0.4, -0.2) is 58.6 Å². The van der Waals surface area contributed by atoms with Gasteiger partial charge in [0, 0.05) is 24.5 Å². The first-order chi connectivity index (χ1) is 24.1. The highest BCUT2D eigenvalue weighted by atomic mass is 19.1. The van der Waals surface area contributed by atoms with Crippen molar-refractivity contribution in [3.05, 3.63) is 130 Å². The average Bonchev–Trinajstić information content (AvgIpc) is 3.81. The van der Waals surface area contributed by atoms with Crippen molar-refractivity contribution in [2.45, 2.75) is 44.7 Å². The van der Waals surface area contributed by atoms with Crippen LogP contribution in [0.4, 0.5) is 24.5 Å². The van der Waals surface area contributed by atoms with Crippen LogP contribution in [0.5, 0.6) is 0 Å². The van der Waals surface area contributed by atoms with Crippen LogP contribution in [-0.2, 0) is 9.59 Å². The zero-order valence-corrected chi connectivity index (χ0v) is 27.3. The summed E-state index contributed by atoms with van der Waals surface area (Å²) in [5, 5.41) is 5.69. The SMILES string of the molecule is Cc1ccc(F)c(C(=O)N2CCC[C@H]2C(=O)Nc2ccc(/C=C/c3ccc(NC(=O)[C@@H]4CCCN4C(=O)c4cc(F)ccc4F)cc3)cc2)c1. The molecule has 11 heteroatoms. The lowest BCUT2D eigenvalue weighted by molar-refractivity contribution is -0.120. The highest BCUT2D eigenvalue weighted by molar-refractivity contribution is 6.03. The van der Waals surface area contributed by atoms with Crippen molar-refractivity contribution in [1.29, 1.82) is 0 Å². The Morgan fingerprint density at radius 2 is 1.06 bits per heavy atom. The van der Waals surface area contributed by atoms with Crippen molar-refractivity contribution in [2.24, 2.45) is 0 Å². The summed E-state index contributed by atoms with van der Waals surface area (Å²) in [4.78, 5) is 54.9. The van der Waals surface area contributed by atoms with Crippen LogP contribution in [0.1, 0.15) is 63.1 Å². The largest absolute Gasteiger partial charge is 0.327 e. The number of nitrogens with zero attached hydrogens (tertiary/aromatic N) is 2. The fourth-order valence-electron chi connectivity index (χ4n) is 6.34. The van der Waals surface area contributed by atoms with E-state index in [0.29, 0.717) is 43.6 Å². The number of likely N-dealkylation sites (tertiary alicyclic amines) is 2. The molecule has 0 unspecified atom stereocenters. The minimum absolute atomic E-state index is 0.0358. The van der Waals surface area contributed by atoms with Crippen molar-refractivity contribution >= 4 is 47.2 Å². The molecule has 4 aromatic rings. The Kier molecular flexibility index (Phi) is 10.1. The van der Waals surface area contributed by atoms with Crippen LogP contribution in [0, 0.1) is 24.4 Å². The molecule has 0 aliphatic carbocycles. The van der Waals surface area contributed by atoms with Crippen LogP contribution in [0.2, 0.25) is 0 Å². The summed E-state index contributed by atoms with van der Waals surface area (Å²) in [5.41, 5.74) is 3.14. The molecule has 6 rings (SSSR count). The van der Waals surface area contributed by atoms with Gasteiger partial charge in [-0.05, 0) is 98.3 Å². The number of anilines is 2. The number of aryl methyl sites for hydroxylation is 1. The van der Waals surface area contributed by atoms with Gasteiger partial charge in [0.25, 0.3) is 11.8 Å². The van der Waals surface area contributed by atoms with Gasteiger partial charge in [-0.15, -0.1) is 0 Å². The van der Waals surface area contributed by atoms with E-state index in [2.05, 4.69) is 10.6 Å². The molecule has 0 spiro atoms. The Hall–Kier alpha value is -5.71. The molecule has 2 aliphatic rings. The molecule has 0 bridgehead atoms. The van der Waals surface area contributed by atoms with E-state index in [1.54, 1.807) is 37.3 Å². The monoisotopic (exact) mass is 680 g/mol. The van der Waals surface area contributed by atoms with E-state index in [4.69, 9.17) is 0 Å². The Labute approximate surface area is 287 Å². The molecule has 4 aromatic carbocycles. The van der Waals surface area contributed by atoms with Crippen molar-refractivity contribution in [3.63, 3.8) is 0 Å². The normalized spacial score (nSPS) is 17.3. The molecule has 50 heavy (non-hydrogen) atoms. The minimum Gasteiger partial charge on any atom is -0.327 e. The molecule has 2 heterocycles. The number of rotatable bonds is 8. The molecule has 0 aromatic heterocycles. The van der Waals surface area contributed by atoms with E-state index < -0.39 is 52.8 Å². The van der Waals surface area contributed by atoms with Crippen LogP contribution >= 0.6 is 0 Å². The maximum Gasteiger partial charge on any atom is 0.257 e. The van der Waals surface area contributed by atoms with Gasteiger partial charge < -0.3 is 20.4 Å². The molecular weight excluding hydrogens is 645 g/mol. The molecule has 2 saturated heterocycles. The third-order valence-corrected chi connectivity index (χ3v) is 8.97. The van der Waals surface area contributed by atoms with Crippen molar-refractivity contribution in [2.75, 3.05) is 23.7 Å². The first-order valence-electron chi connectivity index (χ1n) is 16.4. The van der Waals surface area contributed by atoms with Gasteiger partial charge >= 0.3 is 0 Å². The van der Waals surface area contributed by atoms with Gasteiger partial charge in [-0.2, -0.15) is 0 Å². The number of carbonyl (C=O) groups is 4. The van der Waals surface area contributed by atoms with Gasteiger partial charge in [0.05, 0.1) is 11.1 Å². The number of hydrogen-bond donors (Lipinski definition) is 2. The topological polar surface area (TPSA) is 98.8 Å². The molecule has 8 nitrogen and oxygen atoms in total. The summed E-state index contributed by atoms with van der Waals surface area (Å²) < 4.78 is 42.3. The van der Waals surface area contributed by atoms with Crippen molar-refractivity contribution < 1.29 is 32.3 Å². The second kappa shape index (κ2) is 14.8. The van der Waals surface area contributed by atoms with Gasteiger partial charge in [-0.1, -0.05) is 48.0 Å². The van der Waals surface area contributed by atoms with Gasteiger partial charge in [-0.25, -0.2) is 13.2 Å². The molecule has 256 valence electrons. The van der Waals surface area contributed by atoms with Crippen molar-refractivity contribution in [1.82, 2.24) is 9.80 Å². The Morgan fingerprint density at radius 1 is 0.620 bits per heavy atom. The Morgan fingerprint density at radius 3 is 1.54 bits per heavy atom. The fourth-order valence-corrected chi connectivity index (χ4v) is 6.34. The zero-order valence-electron chi connectivity index (χ0n) is 27.3. The second-order valence-corrected chi connectivity index (χ2v) is 12.5. The van der Waals surface area contributed by atoms with Gasteiger partial charge in [0.1, 0.15) is 29.5 Å². The van der Waals surface area contributed by atoms with Gasteiger partial charge in [0.15, 0.2) is 0 Å². The van der Waals surface area contributed by atoms with Crippen molar-refractivity contribution in [3.8, 4) is 0 Å². The molecule has 0 radical (unpaired) electrons. The van der Waals surface area contributed by atoms with Crippen LogP contribution in [0.25, 0.3) is 12.2 Å². The number of carbonyl (C=O) groups excluding carboxylic acids is 4. The maximum absolute atomic E-state index is 14.4. The molecule has 2 aliphatic heterocycles. The van der Waals surface area contributed by atoms with Crippen LogP contribution < -0.4 is 10.6 Å². The summed E-state index contributed by atoms with van der Waals surface area (Å²) in [5.74, 6) is -4.13. The number of nitrogens with one attached hydrogen (secondary N) is 2. The number of benzene rings is 4. The minimum atomic E-state index is -0.840. The third-order valence-electron chi connectivity index (χ3n) is 8.97. The smallest absolute Gasteiger partial charge is 0.257 e. The van der Waals surface area contributed by atoms with E-state index >= 15 is 0 Å².